The molecule has 0 saturated carbocycles. The van der Waals surface area contributed by atoms with Crippen molar-refractivity contribution in [2.24, 2.45) is 0 Å². The monoisotopic (exact) mass is 498 g/mol. The maximum Gasteiger partial charge on any atom is 0.339 e. The van der Waals surface area contributed by atoms with E-state index in [1.54, 1.807) is 18.2 Å². The van der Waals surface area contributed by atoms with Crippen molar-refractivity contribution < 1.29 is 23.5 Å². The fourth-order valence-electron chi connectivity index (χ4n) is 3.87. The second kappa shape index (κ2) is 9.48. The van der Waals surface area contributed by atoms with Crippen LogP contribution in [0.25, 0.3) is 11.8 Å². The van der Waals surface area contributed by atoms with Crippen LogP contribution in [-0.2, 0) is 16.1 Å². The number of carbonyl (C=O) groups excluding carboxylic acids is 3. The van der Waals surface area contributed by atoms with Crippen LogP contribution in [0.4, 0.5) is 9.18 Å². The highest BCUT2D eigenvalue weighted by molar-refractivity contribution is 8.18. The van der Waals surface area contributed by atoms with Gasteiger partial charge in [-0.1, -0.05) is 29.8 Å². The highest BCUT2D eigenvalue weighted by atomic mass is 35.5. The van der Waals surface area contributed by atoms with Gasteiger partial charge in [0, 0.05) is 22.0 Å². The molecule has 0 spiro atoms. The summed E-state index contributed by atoms with van der Waals surface area (Å²) in [6.07, 6.45) is 1.63. The molecule has 0 bridgehead atoms. The number of carbonyl (C=O) groups is 3. The Bertz CT molecular complexity index is 1340. The second-order valence-electron chi connectivity index (χ2n) is 7.64. The van der Waals surface area contributed by atoms with Crippen LogP contribution in [0, 0.1) is 19.7 Å². The number of methoxy groups -OCH3 is 1. The molecule has 34 heavy (non-hydrogen) atoms. The van der Waals surface area contributed by atoms with Crippen molar-refractivity contribution in [3.05, 3.63) is 92.4 Å². The van der Waals surface area contributed by atoms with Gasteiger partial charge in [-0.15, -0.1) is 0 Å². The molecule has 0 radical (unpaired) electrons. The number of rotatable bonds is 5. The summed E-state index contributed by atoms with van der Waals surface area (Å²) in [5.41, 5.74) is 3.46. The summed E-state index contributed by atoms with van der Waals surface area (Å²) in [6, 6.07) is 13.1. The molecule has 1 saturated heterocycles. The summed E-state index contributed by atoms with van der Waals surface area (Å²) in [5, 5.41) is -0.351. The van der Waals surface area contributed by atoms with E-state index in [9.17, 15) is 18.8 Å². The maximum atomic E-state index is 14.2. The van der Waals surface area contributed by atoms with Gasteiger partial charge in [-0.3, -0.25) is 14.5 Å². The van der Waals surface area contributed by atoms with Crippen LogP contribution in [0.3, 0.4) is 0 Å². The largest absolute Gasteiger partial charge is 0.465 e. The molecule has 6 nitrogen and oxygen atoms in total. The predicted octanol–water partition coefficient (Wildman–Crippen LogP) is 5.91. The lowest BCUT2D eigenvalue weighted by Crippen LogP contribution is -2.28. The lowest BCUT2D eigenvalue weighted by molar-refractivity contribution is -0.123. The van der Waals surface area contributed by atoms with Crippen molar-refractivity contribution >= 4 is 46.6 Å². The molecule has 1 aromatic heterocycles. The minimum atomic E-state index is -0.580. The molecular formula is C25H20ClFN2O4S. The molecule has 0 aliphatic carbocycles. The second-order valence-corrected chi connectivity index (χ2v) is 9.04. The van der Waals surface area contributed by atoms with Crippen LogP contribution in [-0.4, -0.2) is 33.7 Å². The number of halogens is 2. The zero-order valence-electron chi connectivity index (χ0n) is 18.6. The maximum absolute atomic E-state index is 14.2. The standard InChI is InChI=1S/C25H20ClFN2O4S/c1-14-11-16(15(2)29(14)21-10-5-4-7-17(21)24(31)33-3)12-22-23(30)28(25(32)34-22)13-18-19(26)8-6-9-20(18)27/h4-12H,13H2,1-3H3/b22-12-. The van der Waals surface area contributed by atoms with Crippen molar-refractivity contribution in [2.75, 3.05) is 7.11 Å². The molecule has 1 aliphatic rings. The predicted molar refractivity (Wildman–Crippen MR) is 130 cm³/mol. The van der Waals surface area contributed by atoms with Gasteiger partial charge in [0.05, 0.1) is 29.8 Å². The molecule has 2 amide bonds. The summed E-state index contributed by atoms with van der Waals surface area (Å²) < 4.78 is 21.0. The third kappa shape index (κ3) is 4.26. The minimum absolute atomic E-state index is 0.0883. The van der Waals surface area contributed by atoms with Gasteiger partial charge in [0.1, 0.15) is 5.82 Å². The highest BCUT2D eigenvalue weighted by Gasteiger charge is 2.36. The fourth-order valence-corrected chi connectivity index (χ4v) is 4.93. The number of hydrogen-bond acceptors (Lipinski definition) is 5. The number of nitrogens with zero attached hydrogens (tertiary/aromatic N) is 2. The third-order valence-electron chi connectivity index (χ3n) is 5.56. The van der Waals surface area contributed by atoms with E-state index in [-0.39, 0.29) is 22.0 Å². The van der Waals surface area contributed by atoms with Gasteiger partial charge in [-0.25, -0.2) is 9.18 Å². The smallest absolute Gasteiger partial charge is 0.339 e. The van der Waals surface area contributed by atoms with Crippen LogP contribution in [0.5, 0.6) is 0 Å². The number of benzene rings is 2. The zero-order valence-corrected chi connectivity index (χ0v) is 20.2. The number of thioether (sulfide) groups is 1. The van der Waals surface area contributed by atoms with Crippen LogP contribution in [0.15, 0.2) is 53.4 Å². The van der Waals surface area contributed by atoms with Crippen molar-refractivity contribution in [1.29, 1.82) is 0 Å². The Morgan fingerprint density at radius 2 is 1.88 bits per heavy atom. The molecule has 0 unspecified atom stereocenters. The van der Waals surface area contributed by atoms with E-state index in [2.05, 4.69) is 0 Å². The van der Waals surface area contributed by atoms with Gasteiger partial charge in [0.25, 0.3) is 11.1 Å². The van der Waals surface area contributed by atoms with Gasteiger partial charge in [0.2, 0.25) is 0 Å². The molecule has 1 aliphatic heterocycles. The van der Waals surface area contributed by atoms with Crippen LogP contribution < -0.4 is 0 Å². The van der Waals surface area contributed by atoms with Gasteiger partial charge >= 0.3 is 5.97 Å². The van der Waals surface area contributed by atoms with Gasteiger partial charge in [-0.2, -0.15) is 0 Å². The first kappa shape index (κ1) is 23.8. The molecule has 4 rings (SSSR count). The Morgan fingerprint density at radius 3 is 2.59 bits per heavy atom. The first-order valence-corrected chi connectivity index (χ1v) is 11.5. The Morgan fingerprint density at radius 1 is 1.15 bits per heavy atom. The molecule has 2 aromatic carbocycles. The number of hydrogen-bond donors (Lipinski definition) is 0. The van der Waals surface area contributed by atoms with Crippen LogP contribution in [0.2, 0.25) is 5.02 Å². The minimum Gasteiger partial charge on any atom is -0.465 e. The summed E-state index contributed by atoms with van der Waals surface area (Å²) in [7, 11) is 1.32. The first-order chi connectivity index (χ1) is 16.2. The average Bonchev–Trinajstić information content (AvgIpc) is 3.24. The lowest BCUT2D eigenvalue weighted by Gasteiger charge is -2.14. The van der Waals surface area contributed by atoms with Gasteiger partial charge in [0.15, 0.2) is 0 Å². The van der Waals surface area contributed by atoms with Crippen molar-refractivity contribution in [1.82, 2.24) is 9.47 Å². The number of aryl methyl sites for hydroxylation is 1. The number of esters is 1. The SMILES string of the molecule is COC(=O)c1ccccc1-n1c(C)cc(/C=C2\SC(=O)N(Cc3c(F)cccc3Cl)C2=O)c1C. The number of para-hydroxylation sites is 1. The topological polar surface area (TPSA) is 68.6 Å². The van der Waals surface area contributed by atoms with Gasteiger partial charge in [-0.05, 0) is 67.6 Å². The quantitative estimate of drug-likeness (QED) is 0.323. The lowest BCUT2D eigenvalue weighted by atomic mass is 10.1. The summed E-state index contributed by atoms with van der Waals surface area (Å²) >= 11 is 6.86. The zero-order chi connectivity index (χ0) is 24.6. The van der Waals surface area contributed by atoms with Crippen LogP contribution in [0.1, 0.15) is 32.9 Å². The fraction of sp³-hybridized carbons (Fsp3) is 0.160. The first-order valence-electron chi connectivity index (χ1n) is 10.3. The van der Waals surface area contributed by atoms with E-state index in [0.717, 1.165) is 28.0 Å². The van der Waals surface area contributed by atoms with Crippen molar-refractivity contribution in [3.8, 4) is 5.69 Å². The molecule has 1 fully saturated rings. The van der Waals surface area contributed by atoms with E-state index in [0.29, 0.717) is 16.8 Å². The molecule has 9 heteroatoms. The van der Waals surface area contributed by atoms with E-state index in [1.807, 2.05) is 36.6 Å². The molecule has 0 N–H and O–H groups in total. The van der Waals surface area contributed by atoms with Gasteiger partial charge < -0.3 is 9.30 Å². The Kier molecular flexibility index (Phi) is 6.63. The van der Waals surface area contributed by atoms with Crippen molar-refractivity contribution in [2.45, 2.75) is 20.4 Å². The molecule has 2 heterocycles. The van der Waals surface area contributed by atoms with E-state index in [4.69, 9.17) is 16.3 Å². The third-order valence-corrected chi connectivity index (χ3v) is 6.82. The molecule has 3 aromatic rings. The van der Waals surface area contributed by atoms with E-state index < -0.39 is 22.9 Å². The van der Waals surface area contributed by atoms with E-state index >= 15 is 0 Å². The summed E-state index contributed by atoms with van der Waals surface area (Å²) in [5.74, 6) is -1.56. The van der Waals surface area contributed by atoms with Crippen LogP contribution >= 0.6 is 23.4 Å². The summed E-state index contributed by atoms with van der Waals surface area (Å²) in [6.45, 7) is 3.49. The molecule has 174 valence electrons. The number of aromatic nitrogens is 1. The highest BCUT2D eigenvalue weighted by Crippen LogP contribution is 2.36. The normalized spacial score (nSPS) is 14.9. The average molecular weight is 499 g/mol. The van der Waals surface area contributed by atoms with E-state index in [1.165, 1.54) is 25.3 Å². The number of imide groups is 1. The van der Waals surface area contributed by atoms with Crippen molar-refractivity contribution in [3.63, 3.8) is 0 Å². The Balaban J connectivity index is 1.68. The Hall–Kier alpha value is -3.36. The molecule has 0 atom stereocenters. The number of amides is 2. The summed E-state index contributed by atoms with van der Waals surface area (Å²) in [4.78, 5) is 39.0. The molecular weight excluding hydrogens is 479 g/mol. The number of ether oxygens (including phenoxy) is 1. The Labute approximate surface area is 205 Å².